The van der Waals surface area contributed by atoms with E-state index in [1.165, 1.54) is 6.07 Å². The number of hydrogen-bond donors (Lipinski definition) is 5. The van der Waals surface area contributed by atoms with E-state index < -0.39 is 37.6 Å². The van der Waals surface area contributed by atoms with Crippen LogP contribution in [0.5, 0.6) is 5.75 Å². The fourth-order valence-corrected chi connectivity index (χ4v) is 8.66. The number of carbonyl (C=O) groups is 1. The van der Waals surface area contributed by atoms with Crippen LogP contribution in [0, 0.1) is 5.82 Å². The van der Waals surface area contributed by atoms with Gasteiger partial charge in [0.05, 0.1) is 35.0 Å². The van der Waals surface area contributed by atoms with E-state index in [-0.39, 0.29) is 11.4 Å². The number of aromatic nitrogens is 1. The minimum Gasteiger partial charge on any atom is -0.492 e. The van der Waals surface area contributed by atoms with Crippen molar-refractivity contribution in [2.75, 3.05) is 18.5 Å². The number of aliphatic imine (C=N–C) groups is 1. The number of fused-ring (bicyclic) bond motifs is 1. The number of nitrogens with one attached hydrogen (secondary N) is 3. The Morgan fingerprint density at radius 1 is 1.31 bits per heavy atom. The third-order valence-corrected chi connectivity index (χ3v) is 11.1. The molecule has 1 saturated heterocycles. The summed E-state index contributed by atoms with van der Waals surface area (Å²) in [6, 6.07) is 8.32. The van der Waals surface area contributed by atoms with Crippen LogP contribution in [0.4, 0.5) is 14.9 Å². The summed E-state index contributed by atoms with van der Waals surface area (Å²) < 4.78 is 37.0. The fraction of sp³-hybridized carbons (Fsp3) is 0.458. The van der Waals surface area contributed by atoms with Crippen LogP contribution >= 0.6 is 0 Å². The third kappa shape index (κ3) is 4.38. The Hall–Kier alpha value is -3.05. The van der Waals surface area contributed by atoms with Gasteiger partial charge in [-0.2, -0.15) is 0 Å². The maximum absolute atomic E-state index is 15.3. The number of rotatable bonds is 6. The zero-order valence-corrected chi connectivity index (χ0v) is 21.2. The molecule has 0 unspecified atom stereocenters. The quantitative estimate of drug-likeness (QED) is 0.384. The molecule has 1 fully saturated rings. The smallest absolute Gasteiger partial charge is 0.410 e. The van der Waals surface area contributed by atoms with Gasteiger partial charge in [-0.25, -0.2) is 9.18 Å². The maximum atomic E-state index is 15.3. The number of carboxylic acid groups (broad SMARTS) is 1. The average Bonchev–Trinajstić information content (AvgIpc) is 3.23. The molecule has 2 aliphatic heterocycles. The van der Waals surface area contributed by atoms with Crippen molar-refractivity contribution >= 4 is 27.7 Å². The molecule has 4 N–H and O–H groups in total. The van der Waals surface area contributed by atoms with E-state index in [1.54, 1.807) is 39.1 Å². The van der Waals surface area contributed by atoms with Gasteiger partial charge < -0.3 is 15.2 Å². The van der Waals surface area contributed by atoms with Gasteiger partial charge in [-0.1, -0.05) is 0 Å². The van der Waals surface area contributed by atoms with Crippen LogP contribution in [-0.4, -0.2) is 49.4 Å². The Balaban J connectivity index is 1.69. The van der Waals surface area contributed by atoms with Crippen LogP contribution in [0.3, 0.4) is 0 Å². The van der Waals surface area contributed by atoms with Crippen molar-refractivity contribution in [2.45, 2.75) is 56.2 Å². The molecule has 4 rings (SSSR count). The molecule has 3 heterocycles. The number of thiol groups is 1. The van der Waals surface area contributed by atoms with Gasteiger partial charge in [0.2, 0.25) is 0 Å². The Morgan fingerprint density at radius 3 is 2.74 bits per heavy atom. The molecule has 190 valence electrons. The second kappa shape index (κ2) is 9.19. The highest BCUT2D eigenvalue weighted by atomic mass is 32.3. The van der Waals surface area contributed by atoms with Crippen LogP contribution in [0.15, 0.2) is 41.5 Å². The van der Waals surface area contributed by atoms with Gasteiger partial charge in [0.25, 0.3) is 0 Å². The first kappa shape index (κ1) is 25.1. The molecular formula is C24H32FN5O4S. The van der Waals surface area contributed by atoms with Crippen LogP contribution in [0.25, 0.3) is 0 Å². The van der Waals surface area contributed by atoms with E-state index in [9.17, 15) is 14.1 Å². The van der Waals surface area contributed by atoms with Gasteiger partial charge in [0.1, 0.15) is 22.9 Å². The Labute approximate surface area is 205 Å². The normalized spacial score (nSPS) is 25.2. The summed E-state index contributed by atoms with van der Waals surface area (Å²) in [5.74, 6) is 0.262. The van der Waals surface area contributed by atoms with Crippen molar-refractivity contribution in [3.05, 3.63) is 53.6 Å². The summed E-state index contributed by atoms with van der Waals surface area (Å²) in [5, 5.41) is 14.5. The highest BCUT2D eigenvalue weighted by molar-refractivity contribution is 8.04. The molecule has 9 nitrogen and oxygen atoms in total. The van der Waals surface area contributed by atoms with Gasteiger partial charge in [0.15, 0.2) is 0 Å². The number of pyridine rings is 1. The van der Waals surface area contributed by atoms with Crippen LogP contribution in [0.1, 0.15) is 45.4 Å². The predicted octanol–water partition coefficient (Wildman–Crippen LogP) is 3.20. The summed E-state index contributed by atoms with van der Waals surface area (Å²) in [4.78, 5) is 20.6. The van der Waals surface area contributed by atoms with E-state index >= 15 is 4.39 Å². The van der Waals surface area contributed by atoms with E-state index in [2.05, 4.69) is 20.3 Å². The number of nitrogens with zero attached hydrogens (tertiary/aromatic N) is 2. The topological polar surface area (TPSA) is 125 Å². The number of halogens is 1. The SMILES string of the molecule is CCOc1ccc(CNc2ccc(F)c([C@@]3(C)N=C(NC(=O)O)C(C)(C)[SH]4(=O)NCC[C@@H]34)c2)nc1. The molecule has 0 radical (unpaired) electrons. The fourth-order valence-electron chi connectivity index (χ4n) is 4.99. The largest absolute Gasteiger partial charge is 0.492 e. The maximum Gasteiger partial charge on any atom is 0.410 e. The van der Waals surface area contributed by atoms with Crippen LogP contribution in [-0.2, 0) is 22.2 Å². The molecule has 2 aliphatic rings. The molecule has 0 saturated carbocycles. The highest BCUT2D eigenvalue weighted by Crippen LogP contribution is 2.49. The van der Waals surface area contributed by atoms with Crippen LogP contribution in [0.2, 0.25) is 0 Å². The summed E-state index contributed by atoms with van der Waals surface area (Å²) >= 11 is 0. The van der Waals surface area contributed by atoms with Gasteiger partial charge in [-0.15, -0.1) is 0 Å². The van der Waals surface area contributed by atoms with Crippen molar-refractivity contribution < 1.29 is 23.2 Å². The standard InChI is InChI=1S/C24H32FN5O4S/c1-5-34-17-8-6-16(27-14-17)13-26-15-7-9-19(25)18(12-15)24(4)20-10-11-28-35(20,33)23(2,3)21(30-24)29-22(31)32/h6-9,12,14,20,26,35H,5,10-11,13H2,1-4H3,(H,28,33)(H,29,30)(H,31,32)/t20-,24+/m0/s1. The van der Waals surface area contributed by atoms with Gasteiger partial charge in [0, 0.05) is 17.8 Å². The lowest BCUT2D eigenvalue weighted by molar-refractivity contribution is 0.199. The predicted molar refractivity (Wildman–Crippen MR) is 135 cm³/mol. The monoisotopic (exact) mass is 505 g/mol. The molecule has 1 amide bonds. The van der Waals surface area contributed by atoms with Crippen molar-refractivity contribution in [3.8, 4) is 5.75 Å². The number of amides is 1. The first-order chi connectivity index (χ1) is 16.5. The van der Waals surface area contributed by atoms with Gasteiger partial charge in [-0.05, 0) is 74.6 Å². The summed E-state index contributed by atoms with van der Waals surface area (Å²) in [7, 11) is -3.20. The van der Waals surface area contributed by atoms with E-state index in [1.807, 2.05) is 19.1 Å². The minimum atomic E-state index is -3.20. The van der Waals surface area contributed by atoms with Crippen molar-refractivity contribution in [1.82, 2.24) is 15.0 Å². The summed E-state index contributed by atoms with van der Waals surface area (Å²) in [6.45, 7) is 8.51. The first-order valence-corrected chi connectivity index (χ1v) is 13.4. The van der Waals surface area contributed by atoms with Crippen molar-refractivity contribution in [2.24, 2.45) is 4.99 Å². The lowest BCUT2D eigenvalue weighted by atomic mass is 9.85. The van der Waals surface area contributed by atoms with Gasteiger partial charge in [-0.3, -0.25) is 24.2 Å². The lowest BCUT2D eigenvalue weighted by Gasteiger charge is -2.51. The molecule has 2 atom stereocenters. The van der Waals surface area contributed by atoms with E-state index in [0.29, 0.717) is 37.6 Å². The molecular weight excluding hydrogens is 473 g/mol. The first-order valence-electron chi connectivity index (χ1n) is 11.6. The number of hydrogen-bond acceptors (Lipinski definition) is 6. The molecule has 0 spiro atoms. The average molecular weight is 506 g/mol. The van der Waals surface area contributed by atoms with E-state index in [4.69, 9.17) is 9.73 Å². The number of ether oxygens (including phenoxy) is 1. The summed E-state index contributed by atoms with van der Waals surface area (Å²) in [5.41, 5.74) is 0.453. The molecule has 0 aliphatic carbocycles. The molecule has 2 aromatic rings. The zero-order chi connectivity index (χ0) is 25.4. The number of anilines is 1. The summed E-state index contributed by atoms with van der Waals surface area (Å²) in [6.07, 6.45) is 0.883. The molecule has 11 heteroatoms. The Morgan fingerprint density at radius 2 is 2.09 bits per heavy atom. The minimum absolute atomic E-state index is 0.0674. The zero-order valence-electron chi connectivity index (χ0n) is 20.3. The Bertz CT molecular complexity index is 1200. The third-order valence-electron chi connectivity index (χ3n) is 6.93. The van der Waals surface area contributed by atoms with E-state index in [0.717, 1.165) is 5.69 Å². The molecule has 0 bridgehead atoms. The van der Waals surface area contributed by atoms with Crippen molar-refractivity contribution in [1.29, 1.82) is 0 Å². The molecule has 35 heavy (non-hydrogen) atoms. The van der Waals surface area contributed by atoms with Crippen molar-refractivity contribution in [3.63, 3.8) is 0 Å². The number of amidine groups is 1. The Kier molecular flexibility index (Phi) is 6.58. The second-order valence-electron chi connectivity index (χ2n) is 9.43. The number of benzene rings is 1. The second-order valence-corrected chi connectivity index (χ2v) is 12.8. The lowest BCUT2D eigenvalue weighted by Crippen LogP contribution is -2.65. The molecule has 1 aromatic carbocycles. The highest BCUT2D eigenvalue weighted by Gasteiger charge is 2.59. The van der Waals surface area contributed by atoms with Crippen LogP contribution < -0.4 is 20.1 Å². The molecule has 1 aromatic heterocycles. The van der Waals surface area contributed by atoms with Gasteiger partial charge >= 0.3 is 6.09 Å².